The van der Waals surface area contributed by atoms with Crippen LogP contribution in [-0.4, -0.2) is 26.7 Å². The highest BCUT2D eigenvalue weighted by Gasteiger charge is 2.07. The quantitative estimate of drug-likeness (QED) is 0.743. The molecule has 1 rings (SSSR count). The van der Waals surface area contributed by atoms with Gasteiger partial charge in [0.15, 0.2) is 0 Å². The van der Waals surface area contributed by atoms with Crippen LogP contribution in [0.3, 0.4) is 0 Å². The third-order valence-electron chi connectivity index (χ3n) is 1.70. The van der Waals surface area contributed by atoms with Crippen LogP contribution < -0.4 is 5.32 Å². The van der Waals surface area contributed by atoms with Gasteiger partial charge < -0.3 is 10.1 Å². The van der Waals surface area contributed by atoms with Gasteiger partial charge in [-0.15, -0.1) is 11.3 Å². The number of hydrogen-bond acceptors (Lipinski definition) is 4. The van der Waals surface area contributed by atoms with E-state index in [-0.39, 0.29) is 5.97 Å². The maximum atomic E-state index is 11.1. The number of hydrogen-bond donors (Lipinski definition) is 1. The van der Waals surface area contributed by atoms with Crippen molar-refractivity contribution in [3.05, 3.63) is 21.9 Å². The largest absolute Gasteiger partial charge is 0.465 e. The minimum absolute atomic E-state index is 0.257. The number of ether oxygens (including phenoxy) is 1. The Morgan fingerprint density at radius 3 is 3.08 bits per heavy atom. The summed E-state index contributed by atoms with van der Waals surface area (Å²) in [6.45, 7) is 0.932. The molecule has 0 aliphatic carbocycles. The van der Waals surface area contributed by atoms with E-state index in [9.17, 15) is 4.79 Å². The van der Waals surface area contributed by atoms with Crippen molar-refractivity contribution in [2.75, 3.05) is 20.7 Å². The third-order valence-corrected chi connectivity index (χ3v) is 2.69. The highest BCUT2D eigenvalue weighted by atomic mass is 32.1. The topological polar surface area (TPSA) is 38.3 Å². The molecule has 1 aromatic rings. The van der Waals surface area contributed by atoms with Crippen LogP contribution in [0.25, 0.3) is 0 Å². The second kappa shape index (κ2) is 4.99. The molecule has 3 nitrogen and oxygen atoms in total. The monoisotopic (exact) mass is 199 g/mol. The first kappa shape index (κ1) is 10.2. The lowest BCUT2D eigenvalue weighted by Crippen LogP contribution is -2.09. The molecule has 0 fully saturated rings. The fourth-order valence-electron chi connectivity index (χ4n) is 0.985. The van der Waals surface area contributed by atoms with Gasteiger partial charge in [-0.05, 0) is 26.1 Å². The minimum atomic E-state index is -0.257. The van der Waals surface area contributed by atoms with Gasteiger partial charge in [-0.1, -0.05) is 0 Å². The first-order valence-electron chi connectivity index (χ1n) is 4.08. The standard InChI is InChI=1S/C9H13NO2S/c1-10-4-3-8-5-7(6-13-8)9(11)12-2/h5-6,10H,3-4H2,1-2H3. The smallest absolute Gasteiger partial charge is 0.338 e. The first-order chi connectivity index (χ1) is 6.27. The van der Waals surface area contributed by atoms with Gasteiger partial charge in [0.25, 0.3) is 0 Å². The molecule has 0 radical (unpaired) electrons. The number of methoxy groups -OCH3 is 1. The fourth-order valence-corrected chi connectivity index (χ4v) is 1.84. The Labute approximate surface area is 81.7 Å². The van der Waals surface area contributed by atoms with Crippen LogP contribution >= 0.6 is 11.3 Å². The predicted molar refractivity (Wildman–Crippen MR) is 53.3 cm³/mol. The summed E-state index contributed by atoms with van der Waals surface area (Å²) in [5.74, 6) is -0.257. The van der Waals surface area contributed by atoms with Crippen molar-refractivity contribution in [3.8, 4) is 0 Å². The van der Waals surface area contributed by atoms with E-state index in [1.54, 1.807) is 11.3 Å². The van der Waals surface area contributed by atoms with Crippen LogP contribution in [0.4, 0.5) is 0 Å². The lowest BCUT2D eigenvalue weighted by Gasteiger charge is -1.94. The maximum absolute atomic E-state index is 11.1. The van der Waals surface area contributed by atoms with E-state index >= 15 is 0 Å². The van der Waals surface area contributed by atoms with E-state index in [1.165, 1.54) is 12.0 Å². The molecular weight excluding hydrogens is 186 g/mol. The summed E-state index contributed by atoms with van der Waals surface area (Å²) in [4.78, 5) is 12.3. The van der Waals surface area contributed by atoms with E-state index in [2.05, 4.69) is 10.1 Å². The summed E-state index contributed by atoms with van der Waals surface area (Å²) >= 11 is 1.59. The van der Waals surface area contributed by atoms with Crippen molar-refractivity contribution >= 4 is 17.3 Å². The van der Waals surface area contributed by atoms with Crippen LogP contribution in [0, 0.1) is 0 Å². The lowest BCUT2D eigenvalue weighted by molar-refractivity contribution is 0.0601. The highest BCUT2D eigenvalue weighted by Crippen LogP contribution is 2.15. The van der Waals surface area contributed by atoms with Crippen LogP contribution in [0.1, 0.15) is 15.2 Å². The first-order valence-corrected chi connectivity index (χ1v) is 4.96. The van der Waals surface area contributed by atoms with Crippen molar-refractivity contribution < 1.29 is 9.53 Å². The van der Waals surface area contributed by atoms with E-state index in [1.807, 2.05) is 18.5 Å². The molecule has 4 heteroatoms. The Hall–Kier alpha value is -0.870. The van der Waals surface area contributed by atoms with Crippen molar-refractivity contribution in [1.29, 1.82) is 0 Å². The van der Waals surface area contributed by atoms with Crippen molar-refractivity contribution in [2.45, 2.75) is 6.42 Å². The number of thiophene rings is 1. The van der Waals surface area contributed by atoms with E-state index < -0.39 is 0 Å². The Morgan fingerprint density at radius 2 is 2.46 bits per heavy atom. The number of carbonyl (C=O) groups excluding carboxylic acids is 1. The second-order valence-corrected chi connectivity index (χ2v) is 3.64. The lowest BCUT2D eigenvalue weighted by atomic mass is 10.3. The highest BCUT2D eigenvalue weighted by molar-refractivity contribution is 7.10. The Morgan fingerprint density at radius 1 is 1.69 bits per heavy atom. The molecule has 0 aliphatic heterocycles. The molecule has 0 unspecified atom stereocenters. The third kappa shape index (κ3) is 2.82. The zero-order valence-corrected chi connectivity index (χ0v) is 8.61. The van der Waals surface area contributed by atoms with Crippen LogP contribution in [0.5, 0.6) is 0 Å². The molecule has 0 aliphatic rings. The Balaban J connectivity index is 2.58. The van der Waals surface area contributed by atoms with Gasteiger partial charge in [0.2, 0.25) is 0 Å². The fraction of sp³-hybridized carbons (Fsp3) is 0.444. The molecule has 72 valence electrons. The number of rotatable bonds is 4. The molecule has 0 saturated carbocycles. The zero-order chi connectivity index (χ0) is 9.68. The average molecular weight is 199 g/mol. The normalized spacial score (nSPS) is 10.0. The van der Waals surface area contributed by atoms with Crippen molar-refractivity contribution in [2.24, 2.45) is 0 Å². The molecule has 13 heavy (non-hydrogen) atoms. The molecule has 0 saturated heterocycles. The molecule has 1 heterocycles. The summed E-state index contributed by atoms with van der Waals surface area (Å²) in [5.41, 5.74) is 0.651. The molecule has 0 atom stereocenters. The Bertz CT molecular complexity index is 283. The molecule has 0 aromatic carbocycles. The zero-order valence-electron chi connectivity index (χ0n) is 7.79. The van der Waals surface area contributed by atoms with Gasteiger partial charge in [0.05, 0.1) is 12.7 Å². The molecule has 1 N–H and O–H groups in total. The summed E-state index contributed by atoms with van der Waals surface area (Å²) in [6, 6.07) is 1.88. The van der Waals surface area contributed by atoms with Gasteiger partial charge in [0, 0.05) is 10.3 Å². The number of carbonyl (C=O) groups is 1. The summed E-state index contributed by atoms with van der Waals surface area (Å²) in [7, 11) is 3.31. The number of esters is 1. The number of likely N-dealkylation sites (N-methyl/N-ethyl adjacent to an activating group) is 1. The predicted octanol–water partition coefficient (Wildman–Crippen LogP) is 1.30. The summed E-state index contributed by atoms with van der Waals surface area (Å²) in [6.07, 6.45) is 0.957. The van der Waals surface area contributed by atoms with Crippen molar-refractivity contribution in [1.82, 2.24) is 5.32 Å². The SMILES string of the molecule is CNCCc1cc(C(=O)OC)cs1. The van der Waals surface area contributed by atoms with Gasteiger partial charge in [-0.3, -0.25) is 0 Å². The molecule has 0 bridgehead atoms. The van der Waals surface area contributed by atoms with E-state index in [0.717, 1.165) is 13.0 Å². The van der Waals surface area contributed by atoms with Gasteiger partial charge >= 0.3 is 5.97 Å². The molecule has 0 amide bonds. The maximum Gasteiger partial charge on any atom is 0.338 e. The second-order valence-electron chi connectivity index (χ2n) is 2.65. The van der Waals surface area contributed by atoms with E-state index in [4.69, 9.17) is 0 Å². The van der Waals surface area contributed by atoms with E-state index in [0.29, 0.717) is 5.56 Å². The summed E-state index contributed by atoms with van der Waals surface area (Å²) in [5, 5.41) is 4.89. The van der Waals surface area contributed by atoms with Crippen LogP contribution in [-0.2, 0) is 11.2 Å². The average Bonchev–Trinajstić information content (AvgIpc) is 2.62. The van der Waals surface area contributed by atoms with Crippen LogP contribution in [0.2, 0.25) is 0 Å². The molecule has 1 aromatic heterocycles. The number of nitrogens with one attached hydrogen (secondary N) is 1. The minimum Gasteiger partial charge on any atom is -0.465 e. The van der Waals surface area contributed by atoms with Gasteiger partial charge in [0.1, 0.15) is 0 Å². The van der Waals surface area contributed by atoms with Crippen LogP contribution in [0.15, 0.2) is 11.4 Å². The van der Waals surface area contributed by atoms with Gasteiger partial charge in [-0.2, -0.15) is 0 Å². The summed E-state index contributed by atoms with van der Waals surface area (Å²) < 4.78 is 4.61. The van der Waals surface area contributed by atoms with Crippen molar-refractivity contribution in [3.63, 3.8) is 0 Å². The molecular formula is C9H13NO2S. The Kier molecular flexibility index (Phi) is 3.92. The molecule has 0 spiro atoms. The van der Waals surface area contributed by atoms with Gasteiger partial charge in [-0.25, -0.2) is 4.79 Å².